The summed E-state index contributed by atoms with van der Waals surface area (Å²) in [5.41, 5.74) is 0.502. The minimum Gasteiger partial charge on any atom is -0.539 e. The van der Waals surface area contributed by atoms with E-state index < -0.39 is 0 Å². The number of aromatic nitrogens is 2. The van der Waals surface area contributed by atoms with Gasteiger partial charge < -0.3 is 14.4 Å². The number of rotatable bonds is 3. The van der Waals surface area contributed by atoms with Crippen LogP contribution in [-0.4, -0.2) is 19.0 Å². The molecule has 5 nitrogen and oxygen atoms in total. The number of methoxy groups -OCH3 is 1. The summed E-state index contributed by atoms with van der Waals surface area (Å²) < 4.78 is 10.7. The monoisotopic (exact) mass is 158 g/mol. The molecule has 0 bridgehead atoms. The van der Waals surface area contributed by atoms with Gasteiger partial charge in [-0.05, 0) is 0 Å². The summed E-state index contributed by atoms with van der Waals surface area (Å²) in [5, 5.41) is 14.2. The second-order valence-corrected chi connectivity index (χ2v) is 2.16. The highest BCUT2D eigenvalue weighted by Gasteiger charge is 2.10. The van der Waals surface area contributed by atoms with Crippen molar-refractivity contribution in [3.8, 4) is 5.95 Å². The molecular formula is C6H10N2O3. The van der Waals surface area contributed by atoms with Crippen molar-refractivity contribution in [2.75, 3.05) is 13.7 Å². The molecular weight excluding hydrogens is 148 g/mol. The van der Waals surface area contributed by atoms with Crippen molar-refractivity contribution in [3.63, 3.8) is 0 Å². The van der Waals surface area contributed by atoms with Crippen LogP contribution < -0.4 is 9.79 Å². The van der Waals surface area contributed by atoms with Gasteiger partial charge in [-0.25, -0.2) is 0 Å². The molecule has 0 fully saturated rings. The van der Waals surface area contributed by atoms with Crippen LogP contribution in [0.4, 0.5) is 0 Å². The van der Waals surface area contributed by atoms with Crippen molar-refractivity contribution in [2.24, 2.45) is 0 Å². The van der Waals surface area contributed by atoms with Crippen LogP contribution in [0.5, 0.6) is 5.95 Å². The fraction of sp³-hybridized carbons (Fsp3) is 0.667. The van der Waals surface area contributed by atoms with Gasteiger partial charge in [0.2, 0.25) is 5.69 Å². The first-order valence-electron chi connectivity index (χ1n) is 3.28. The maximum atomic E-state index is 10.7. The molecule has 5 heteroatoms. The van der Waals surface area contributed by atoms with Crippen molar-refractivity contribution < 1.29 is 19.0 Å². The molecule has 1 aromatic heterocycles. The standard InChI is InChI=1S/C6H10N2O3/c1-5-6(9)11-7-8(5)3-4-10-2/h3-4H2,1-2H3. The Morgan fingerprint density at radius 2 is 2.45 bits per heavy atom. The lowest BCUT2D eigenvalue weighted by Gasteiger charge is -1.90. The lowest BCUT2D eigenvalue weighted by Crippen LogP contribution is -2.40. The molecule has 11 heavy (non-hydrogen) atoms. The molecule has 62 valence electrons. The van der Waals surface area contributed by atoms with E-state index in [1.165, 1.54) is 4.68 Å². The topological polar surface area (TPSA) is 62.2 Å². The van der Waals surface area contributed by atoms with Crippen molar-refractivity contribution in [2.45, 2.75) is 13.5 Å². The van der Waals surface area contributed by atoms with Gasteiger partial charge in [0.1, 0.15) is 6.61 Å². The summed E-state index contributed by atoms with van der Waals surface area (Å²) in [4.78, 5) is 0. The average Bonchev–Trinajstić information content (AvgIpc) is 2.31. The number of nitrogens with zero attached hydrogens (tertiary/aromatic N) is 2. The van der Waals surface area contributed by atoms with E-state index in [4.69, 9.17) is 4.74 Å². The van der Waals surface area contributed by atoms with Crippen LogP contribution in [0.3, 0.4) is 0 Å². The molecule has 0 amide bonds. The second-order valence-electron chi connectivity index (χ2n) is 2.16. The predicted molar refractivity (Wildman–Crippen MR) is 32.8 cm³/mol. The molecule has 0 aromatic carbocycles. The van der Waals surface area contributed by atoms with Crippen LogP contribution in [0.15, 0.2) is 4.52 Å². The van der Waals surface area contributed by atoms with Gasteiger partial charge in [-0.2, -0.15) is 0 Å². The molecule has 0 saturated carbocycles. The molecule has 0 atom stereocenters. The quantitative estimate of drug-likeness (QED) is 0.529. The summed E-state index contributed by atoms with van der Waals surface area (Å²) in [7, 11) is 1.59. The summed E-state index contributed by atoms with van der Waals surface area (Å²) in [6.45, 7) is 2.74. The normalized spacial score (nSPS) is 10.4. The van der Waals surface area contributed by atoms with Crippen molar-refractivity contribution in [1.82, 2.24) is 5.27 Å². The van der Waals surface area contributed by atoms with E-state index >= 15 is 0 Å². The van der Waals surface area contributed by atoms with Gasteiger partial charge in [0.15, 0.2) is 12.5 Å². The largest absolute Gasteiger partial charge is 0.539 e. The fourth-order valence-electron chi connectivity index (χ4n) is 0.705. The van der Waals surface area contributed by atoms with Crippen LogP contribution in [0, 0.1) is 6.92 Å². The summed E-state index contributed by atoms with van der Waals surface area (Å²) in [6.07, 6.45) is 0. The van der Waals surface area contributed by atoms with Gasteiger partial charge in [0, 0.05) is 14.0 Å². The molecule has 1 rings (SSSR count). The third-order valence-electron chi connectivity index (χ3n) is 1.41. The first-order chi connectivity index (χ1) is 5.25. The Bertz CT molecular complexity index is 234. The highest BCUT2D eigenvalue weighted by molar-refractivity contribution is 4.98. The molecule has 0 saturated heterocycles. The molecule has 1 aromatic rings. The smallest absolute Gasteiger partial charge is 0.230 e. The second kappa shape index (κ2) is 3.34. The highest BCUT2D eigenvalue weighted by Crippen LogP contribution is 2.02. The molecule has 1 heterocycles. The van der Waals surface area contributed by atoms with Gasteiger partial charge >= 0.3 is 0 Å². The van der Waals surface area contributed by atoms with Crippen molar-refractivity contribution in [1.29, 1.82) is 0 Å². The van der Waals surface area contributed by atoms with E-state index in [2.05, 4.69) is 9.79 Å². The molecule has 0 aliphatic heterocycles. The van der Waals surface area contributed by atoms with Crippen molar-refractivity contribution in [3.05, 3.63) is 5.69 Å². The van der Waals surface area contributed by atoms with Crippen LogP contribution in [0.2, 0.25) is 0 Å². The lowest BCUT2D eigenvalue weighted by molar-refractivity contribution is -0.768. The molecule has 0 aliphatic carbocycles. The van der Waals surface area contributed by atoms with E-state index in [-0.39, 0.29) is 5.95 Å². The highest BCUT2D eigenvalue weighted by atomic mass is 16.6. The van der Waals surface area contributed by atoms with E-state index in [0.29, 0.717) is 18.8 Å². The first kappa shape index (κ1) is 8.00. The average molecular weight is 158 g/mol. The minimum atomic E-state index is -0.388. The Morgan fingerprint density at radius 3 is 2.91 bits per heavy atom. The van der Waals surface area contributed by atoms with Gasteiger partial charge in [0.25, 0.3) is 0 Å². The zero-order chi connectivity index (χ0) is 8.27. The maximum absolute atomic E-state index is 10.7. The summed E-state index contributed by atoms with van der Waals surface area (Å²) in [6, 6.07) is 0. The van der Waals surface area contributed by atoms with Gasteiger partial charge in [0.05, 0.1) is 5.27 Å². The third kappa shape index (κ3) is 1.68. The zero-order valence-electron chi connectivity index (χ0n) is 6.53. The number of hydrogen-bond donors (Lipinski definition) is 0. The Morgan fingerprint density at radius 1 is 1.73 bits per heavy atom. The van der Waals surface area contributed by atoms with E-state index in [9.17, 15) is 5.11 Å². The fourth-order valence-corrected chi connectivity index (χ4v) is 0.705. The third-order valence-corrected chi connectivity index (χ3v) is 1.41. The van der Waals surface area contributed by atoms with Crippen LogP contribution in [0.1, 0.15) is 5.69 Å². The summed E-state index contributed by atoms with van der Waals surface area (Å²) >= 11 is 0. The van der Waals surface area contributed by atoms with Crippen LogP contribution in [-0.2, 0) is 11.3 Å². The van der Waals surface area contributed by atoms with Crippen LogP contribution >= 0.6 is 0 Å². The van der Waals surface area contributed by atoms with Crippen molar-refractivity contribution >= 4 is 0 Å². The van der Waals surface area contributed by atoms with E-state index in [0.717, 1.165) is 0 Å². The van der Waals surface area contributed by atoms with E-state index in [1.54, 1.807) is 14.0 Å². The number of hydrogen-bond acceptors (Lipinski definition) is 4. The minimum absolute atomic E-state index is 0.388. The van der Waals surface area contributed by atoms with Gasteiger partial charge in [-0.3, -0.25) is 0 Å². The maximum Gasteiger partial charge on any atom is 0.230 e. The first-order valence-corrected chi connectivity index (χ1v) is 3.28. The zero-order valence-corrected chi connectivity index (χ0v) is 6.53. The Hall–Kier alpha value is -1.10. The Labute approximate surface area is 64.2 Å². The number of ether oxygens (including phenoxy) is 1. The Balaban J connectivity index is 2.63. The molecule has 0 unspecified atom stereocenters. The van der Waals surface area contributed by atoms with Gasteiger partial charge in [-0.1, -0.05) is 4.68 Å². The molecule has 0 radical (unpaired) electrons. The summed E-state index contributed by atoms with van der Waals surface area (Å²) in [5.74, 6) is -0.388. The SMILES string of the molecule is COCC[n+]1noc([O-])c1C. The molecule has 0 N–H and O–H groups in total. The predicted octanol–water partition coefficient (Wildman–Crippen LogP) is -1.01. The van der Waals surface area contributed by atoms with Crippen LogP contribution in [0.25, 0.3) is 0 Å². The molecule has 0 spiro atoms. The molecule has 0 aliphatic rings. The van der Waals surface area contributed by atoms with E-state index in [1.807, 2.05) is 0 Å². The lowest BCUT2D eigenvalue weighted by atomic mass is 10.5. The van der Waals surface area contributed by atoms with Gasteiger partial charge in [-0.15, -0.1) is 0 Å². The Kier molecular flexibility index (Phi) is 2.43.